The molecule has 0 aliphatic carbocycles. The van der Waals surface area contributed by atoms with Crippen LogP contribution in [0.5, 0.6) is 5.75 Å². The fraction of sp³-hybridized carbons (Fsp3) is 0.222. The molecule has 6 rings (SSSR count). The molecule has 0 saturated carbocycles. The van der Waals surface area contributed by atoms with Gasteiger partial charge in [-0.1, -0.05) is 35.3 Å². The molecule has 7 nitrogen and oxygen atoms in total. The van der Waals surface area contributed by atoms with Crippen LogP contribution in [0.15, 0.2) is 73.2 Å². The molecule has 1 N–H and O–H groups in total. The molecule has 2 aromatic carbocycles. The van der Waals surface area contributed by atoms with Crippen molar-refractivity contribution in [2.45, 2.75) is 31.7 Å². The number of pyridine rings is 1. The number of nitrogens with one attached hydrogen (secondary N) is 1. The second-order valence-electron chi connectivity index (χ2n) is 8.76. The molecule has 182 valence electrons. The molecule has 0 spiro atoms. The van der Waals surface area contributed by atoms with Gasteiger partial charge < -0.3 is 19.4 Å². The van der Waals surface area contributed by atoms with E-state index in [9.17, 15) is 0 Å². The SMILES string of the molecule is Clc1ccc(CNc2ccc3ccc(OCC4CCC(n5ccc6c(Cl)ncnc65)O4)cc3n2)cc1. The second-order valence-corrected chi connectivity index (χ2v) is 9.55. The maximum absolute atomic E-state index is 6.26. The third-order valence-electron chi connectivity index (χ3n) is 6.34. The van der Waals surface area contributed by atoms with Gasteiger partial charge >= 0.3 is 0 Å². The standard InChI is InChI=1S/C27H23Cl2N5O2/c28-19-5-1-17(2-6-19)14-30-24-9-4-18-3-7-20(13-23(18)33-24)35-15-21-8-10-25(36-21)34-12-11-22-26(29)31-16-32-27(22)34/h1-7,9,11-13,16,21,25H,8,10,14-15H2,(H,30,33). The summed E-state index contributed by atoms with van der Waals surface area (Å²) >= 11 is 12.2. The van der Waals surface area contributed by atoms with Gasteiger partial charge in [0, 0.05) is 29.2 Å². The van der Waals surface area contributed by atoms with Crippen LogP contribution in [0.2, 0.25) is 10.2 Å². The summed E-state index contributed by atoms with van der Waals surface area (Å²) in [7, 11) is 0. The van der Waals surface area contributed by atoms with Gasteiger partial charge in [-0.15, -0.1) is 0 Å². The normalized spacial score (nSPS) is 17.6. The molecule has 4 heterocycles. The Kier molecular flexibility index (Phi) is 6.35. The van der Waals surface area contributed by atoms with Crippen LogP contribution in [0.4, 0.5) is 5.82 Å². The van der Waals surface area contributed by atoms with Gasteiger partial charge in [0.2, 0.25) is 0 Å². The van der Waals surface area contributed by atoms with E-state index in [-0.39, 0.29) is 12.3 Å². The summed E-state index contributed by atoms with van der Waals surface area (Å²) in [4.78, 5) is 13.2. The Morgan fingerprint density at radius 3 is 2.75 bits per heavy atom. The highest BCUT2D eigenvalue weighted by atomic mass is 35.5. The van der Waals surface area contributed by atoms with Crippen molar-refractivity contribution < 1.29 is 9.47 Å². The molecule has 3 aromatic heterocycles. The number of halogens is 2. The van der Waals surface area contributed by atoms with Crippen LogP contribution in [-0.2, 0) is 11.3 Å². The summed E-state index contributed by atoms with van der Waals surface area (Å²) < 4.78 is 14.4. The van der Waals surface area contributed by atoms with Crippen LogP contribution in [-0.4, -0.2) is 32.2 Å². The zero-order chi connectivity index (χ0) is 24.5. The molecule has 9 heteroatoms. The lowest BCUT2D eigenvalue weighted by atomic mass is 10.2. The lowest BCUT2D eigenvalue weighted by molar-refractivity contribution is -0.0156. The summed E-state index contributed by atoms with van der Waals surface area (Å²) in [6.07, 6.45) is 5.08. The van der Waals surface area contributed by atoms with Crippen LogP contribution in [0.3, 0.4) is 0 Å². The zero-order valence-electron chi connectivity index (χ0n) is 19.3. The van der Waals surface area contributed by atoms with E-state index in [1.54, 1.807) is 0 Å². The van der Waals surface area contributed by atoms with E-state index in [4.69, 9.17) is 37.7 Å². The first-order valence-electron chi connectivity index (χ1n) is 11.8. The van der Waals surface area contributed by atoms with Crippen LogP contribution in [0, 0.1) is 0 Å². The molecule has 2 atom stereocenters. The largest absolute Gasteiger partial charge is 0.491 e. The predicted octanol–water partition coefficient (Wildman–Crippen LogP) is 6.66. The van der Waals surface area contributed by atoms with E-state index in [2.05, 4.69) is 21.4 Å². The van der Waals surface area contributed by atoms with Gasteiger partial charge in [-0.05, 0) is 60.9 Å². The van der Waals surface area contributed by atoms with Gasteiger partial charge in [0.1, 0.15) is 41.5 Å². The highest BCUT2D eigenvalue weighted by Gasteiger charge is 2.28. The summed E-state index contributed by atoms with van der Waals surface area (Å²) in [5, 5.41) is 6.42. The molecule has 1 saturated heterocycles. The van der Waals surface area contributed by atoms with Gasteiger partial charge in [0.15, 0.2) is 0 Å². The molecule has 2 unspecified atom stereocenters. The number of benzene rings is 2. The molecular weight excluding hydrogens is 497 g/mol. The quantitative estimate of drug-likeness (QED) is 0.242. The van der Waals surface area contributed by atoms with Crippen molar-refractivity contribution in [3.05, 3.63) is 88.9 Å². The van der Waals surface area contributed by atoms with Crippen molar-refractivity contribution >= 4 is 51.0 Å². The average Bonchev–Trinajstić information content (AvgIpc) is 3.55. The van der Waals surface area contributed by atoms with Crippen molar-refractivity contribution in [3.8, 4) is 5.75 Å². The zero-order valence-corrected chi connectivity index (χ0v) is 20.8. The lowest BCUT2D eigenvalue weighted by Crippen LogP contribution is -2.18. The number of nitrogens with zero attached hydrogens (tertiary/aromatic N) is 4. The van der Waals surface area contributed by atoms with Crippen LogP contribution < -0.4 is 10.1 Å². The Hall–Kier alpha value is -3.39. The Morgan fingerprint density at radius 1 is 1.00 bits per heavy atom. The van der Waals surface area contributed by atoms with Crippen molar-refractivity contribution in [1.29, 1.82) is 0 Å². The van der Waals surface area contributed by atoms with Gasteiger partial charge in [-0.3, -0.25) is 0 Å². The molecule has 0 radical (unpaired) electrons. The van der Waals surface area contributed by atoms with E-state index >= 15 is 0 Å². The lowest BCUT2D eigenvalue weighted by Gasteiger charge is -2.16. The first-order valence-corrected chi connectivity index (χ1v) is 12.5. The average molecular weight is 520 g/mol. The van der Waals surface area contributed by atoms with Crippen LogP contribution in [0.1, 0.15) is 24.6 Å². The van der Waals surface area contributed by atoms with Crippen LogP contribution >= 0.6 is 23.2 Å². The minimum absolute atomic E-state index is 0.0132. The number of aromatic nitrogens is 4. The Morgan fingerprint density at radius 2 is 1.86 bits per heavy atom. The molecule has 36 heavy (non-hydrogen) atoms. The van der Waals surface area contributed by atoms with E-state index in [0.29, 0.717) is 18.3 Å². The first-order chi connectivity index (χ1) is 17.6. The molecule has 1 aliphatic heterocycles. The monoisotopic (exact) mass is 519 g/mol. The summed E-state index contributed by atoms with van der Waals surface area (Å²) in [5.74, 6) is 1.57. The second kappa shape index (κ2) is 9.93. The molecule has 5 aromatic rings. The van der Waals surface area contributed by atoms with E-state index in [1.165, 1.54) is 6.33 Å². The van der Waals surface area contributed by atoms with Gasteiger partial charge in [-0.2, -0.15) is 0 Å². The molecular formula is C27H23Cl2N5O2. The van der Waals surface area contributed by atoms with Crippen molar-refractivity contribution in [3.63, 3.8) is 0 Å². The minimum Gasteiger partial charge on any atom is -0.491 e. The maximum Gasteiger partial charge on any atom is 0.146 e. The van der Waals surface area contributed by atoms with Crippen molar-refractivity contribution in [2.75, 3.05) is 11.9 Å². The number of hydrogen-bond acceptors (Lipinski definition) is 6. The number of rotatable bonds is 7. The summed E-state index contributed by atoms with van der Waals surface area (Å²) in [6, 6.07) is 19.7. The summed E-state index contributed by atoms with van der Waals surface area (Å²) in [5.41, 5.74) is 2.79. The smallest absolute Gasteiger partial charge is 0.146 e. The first kappa shape index (κ1) is 23.0. The molecule has 1 fully saturated rings. The van der Waals surface area contributed by atoms with E-state index in [0.717, 1.165) is 56.9 Å². The number of anilines is 1. The third-order valence-corrected chi connectivity index (χ3v) is 6.90. The summed E-state index contributed by atoms with van der Waals surface area (Å²) in [6.45, 7) is 1.13. The molecule has 1 aliphatic rings. The topological polar surface area (TPSA) is 74.1 Å². The molecule has 0 amide bonds. The number of fused-ring (bicyclic) bond motifs is 2. The highest BCUT2D eigenvalue weighted by Crippen LogP contribution is 2.33. The Balaban J connectivity index is 1.09. The fourth-order valence-corrected chi connectivity index (χ4v) is 4.77. The van der Waals surface area contributed by atoms with E-state index in [1.807, 2.05) is 65.4 Å². The van der Waals surface area contributed by atoms with Crippen LogP contribution in [0.25, 0.3) is 21.9 Å². The Bertz CT molecular complexity index is 1520. The highest BCUT2D eigenvalue weighted by molar-refractivity contribution is 6.33. The third kappa shape index (κ3) is 4.82. The Labute approximate surface area is 218 Å². The fourth-order valence-electron chi connectivity index (χ4n) is 4.46. The minimum atomic E-state index is -0.102. The number of hydrogen-bond donors (Lipinski definition) is 1. The van der Waals surface area contributed by atoms with Crippen molar-refractivity contribution in [2.24, 2.45) is 0 Å². The van der Waals surface area contributed by atoms with Gasteiger partial charge in [0.25, 0.3) is 0 Å². The van der Waals surface area contributed by atoms with Gasteiger partial charge in [0.05, 0.1) is 17.0 Å². The number of ether oxygens (including phenoxy) is 2. The predicted molar refractivity (Wildman–Crippen MR) is 142 cm³/mol. The van der Waals surface area contributed by atoms with Crippen molar-refractivity contribution in [1.82, 2.24) is 19.5 Å². The molecule has 0 bridgehead atoms. The van der Waals surface area contributed by atoms with Gasteiger partial charge in [-0.25, -0.2) is 15.0 Å². The van der Waals surface area contributed by atoms with E-state index < -0.39 is 0 Å². The maximum atomic E-state index is 6.26.